The van der Waals surface area contributed by atoms with Crippen molar-refractivity contribution in [1.29, 1.82) is 0 Å². The first kappa shape index (κ1) is 23.0. The lowest BCUT2D eigenvalue weighted by Crippen LogP contribution is -2.48. The van der Waals surface area contributed by atoms with E-state index in [1.807, 2.05) is 0 Å². The highest BCUT2D eigenvalue weighted by Gasteiger charge is 2.40. The van der Waals surface area contributed by atoms with Gasteiger partial charge in [-0.3, -0.25) is 20.4 Å². The Balaban J connectivity index is 1.89. The van der Waals surface area contributed by atoms with Crippen molar-refractivity contribution in [2.45, 2.75) is 19.0 Å². The summed E-state index contributed by atoms with van der Waals surface area (Å²) in [5, 5.41) is 12.3. The van der Waals surface area contributed by atoms with Crippen LogP contribution >= 0.6 is 7.14 Å². The van der Waals surface area contributed by atoms with E-state index in [1.165, 1.54) is 24.3 Å². The maximum atomic E-state index is 14.4. The van der Waals surface area contributed by atoms with E-state index in [0.717, 1.165) is 0 Å². The Labute approximate surface area is 185 Å². The molecule has 0 unspecified atom stereocenters. The zero-order valence-corrected chi connectivity index (χ0v) is 18.3. The average Bonchev–Trinajstić information content (AvgIpc) is 2.83. The molecule has 0 aromatic heterocycles. The molecule has 0 aliphatic rings. The third-order valence-electron chi connectivity index (χ3n) is 5.10. The third kappa shape index (κ3) is 4.63. The Morgan fingerprint density at radius 3 is 1.72 bits per heavy atom. The SMILES string of the molecule is CC[C@@H](C(=O)NNC(=O)c1ccccc1C(=O)[O-])P(=O)(c1ccccc1)c1ccccc1. The van der Waals surface area contributed by atoms with Gasteiger partial charge in [-0.15, -0.1) is 0 Å². The molecule has 0 bridgehead atoms. The number of amides is 2. The summed E-state index contributed by atoms with van der Waals surface area (Å²) in [4.78, 5) is 36.8. The quantitative estimate of drug-likeness (QED) is 0.420. The molecular formula is C24H22N2O5P-. The van der Waals surface area contributed by atoms with Crippen LogP contribution in [-0.2, 0) is 9.36 Å². The molecule has 0 aliphatic heterocycles. The molecule has 0 saturated heterocycles. The van der Waals surface area contributed by atoms with E-state index >= 15 is 0 Å². The minimum Gasteiger partial charge on any atom is -0.545 e. The van der Waals surface area contributed by atoms with Crippen molar-refractivity contribution >= 4 is 35.5 Å². The van der Waals surface area contributed by atoms with Gasteiger partial charge in [0.25, 0.3) is 5.91 Å². The molecule has 0 fully saturated rings. The molecule has 0 heterocycles. The van der Waals surface area contributed by atoms with Crippen LogP contribution in [0.3, 0.4) is 0 Å². The fourth-order valence-corrected chi connectivity index (χ4v) is 6.70. The van der Waals surface area contributed by atoms with Gasteiger partial charge in [0, 0.05) is 16.2 Å². The Morgan fingerprint density at radius 1 is 0.781 bits per heavy atom. The Bertz CT molecular complexity index is 1120. The summed E-state index contributed by atoms with van der Waals surface area (Å²) >= 11 is 0. The zero-order chi connectivity index (χ0) is 23.1. The molecule has 7 nitrogen and oxygen atoms in total. The third-order valence-corrected chi connectivity index (χ3v) is 8.71. The van der Waals surface area contributed by atoms with E-state index in [-0.39, 0.29) is 17.5 Å². The number of benzene rings is 3. The summed E-state index contributed by atoms with van der Waals surface area (Å²) < 4.78 is 14.4. The molecule has 8 heteroatoms. The van der Waals surface area contributed by atoms with Crippen molar-refractivity contribution in [2.75, 3.05) is 0 Å². The molecule has 3 rings (SSSR count). The van der Waals surface area contributed by atoms with Crippen molar-refractivity contribution < 1.29 is 24.1 Å². The number of carbonyl (C=O) groups is 3. The van der Waals surface area contributed by atoms with Crippen molar-refractivity contribution in [3.63, 3.8) is 0 Å². The second kappa shape index (κ2) is 10.1. The van der Waals surface area contributed by atoms with E-state index in [1.54, 1.807) is 67.6 Å². The van der Waals surface area contributed by atoms with Gasteiger partial charge in [-0.25, -0.2) is 0 Å². The monoisotopic (exact) mass is 449 g/mol. The van der Waals surface area contributed by atoms with Crippen LogP contribution in [-0.4, -0.2) is 23.4 Å². The smallest absolute Gasteiger partial charge is 0.270 e. The summed E-state index contributed by atoms with van der Waals surface area (Å²) in [7, 11) is -3.41. The maximum absolute atomic E-state index is 14.4. The standard InChI is InChI=1S/C24H23N2O5P/c1-2-21(23(28)26-25-22(27)19-15-9-10-16-20(19)24(29)30)32(31,17-11-5-3-6-12-17)18-13-7-4-8-14-18/h3-16,21H,2H2,1H3,(H,25,27)(H,26,28)(H,29,30)/p-1/t21-/m0/s1. The van der Waals surface area contributed by atoms with Gasteiger partial charge in [-0.1, -0.05) is 85.8 Å². The number of carboxylic acids is 1. The predicted molar refractivity (Wildman–Crippen MR) is 120 cm³/mol. The molecule has 3 aromatic rings. The lowest BCUT2D eigenvalue weighted by atomic mass is 10.1. The summed E-state index contributed by atoms with van der Waals surface area (Å²) in [6.45, 7) is 1.75. The fourth-order valence-electron chi connectivity index (χ4n) is 3.54. The number of nitrogens with one attached hydrogen (secondary N) is 2. The topological polar surface area (TPSA) is 115 Å². The number of carboxylic acid groups (broad SMARTS) is 1. The molecule has 2 N–H and O–H groups in total. The van der Waals surface area contributed by atoms with E-state index in [0.29, 0.717) is 10.6 Å². The summed E-state index contributed by atoms with van der Waals surface area (Å²) in [6, 6.07) is 23.0. The number of rotatable bonds is 7. The van der Waals surface area contributed by atoms with Gasteiger partial charge in [-0.2, -0.15) is 0 Å². The highest BCUT2D eigenvalue weighted by molar-refractivity contribution is 7.80. The Kier molecular flexibility index (Phi) is 7.23. The average molecular weight is 449 g/mol. The van der Waals surface area contributed by atoms with Crippen LogP contribution in [0, 0.1) is 0 Å². The van der Waals surface area contributed by atoms with Gasteiger partial charge in [0.1, 0.15) is 5.66 Å². The lowest BCUT2D eigenvalue weighted by Gasteiger charge is -2.27. The van der Waals surface area contributed by atoms with Crippen LogP contribution in [0.25, 0.3) is 0 Å². The first-order valence-electron chi connectivity index (χ1n) is 10.0. The van der Waals surface area contributed by atoms with E-state index in [4.69, 9.17) is 0 Å². The number of hydrogen-bond acceptors (Lipinski definition) is 5. The van der Waals surface area contributed by atoms with Crippen molar-refractivity contribution in [3.05, 3.63) is 96.1 Å². The van der Waals surface area contributed by atoms with Crippen LogP contribution in [0.15, 0.2) is 84.9 Å². The lowest BCUT2D eigenvalue weighted by molar-refractivity contribution is -0.255. The molecule has 2 amide bonds. The Hall–Kier alpha value is -3.70. The molecule has 1 atom stereocenters. The summed E-state index contributed by atoms with van der Waals surface area (Å²) in [5.74, 6) is -2.96. The second-order valence-corrected chi connectivity index (χ2v) is 10.0. The molecular weight excluding hydrogens is 427 g/mol. The molecule has 164 valence electrons. The number of hydrazine groups is 1. The molecule has 0 radical (unpaired) electrons. The minimum atomic E-state index is -3.41. The van der Waals surface area contributed by atoms with Crippen molar-refractivity contribution in [1.82, 2.24) is 10.9 Å². The molecule has 0 aliphatic carbocycles. The number of hydrogen-bond donors (Lipinski definition) is 2. The summed E-state index contributed by atoms with van der Waals surface area (Å²) in [5.41, 5.74) is 3.14. The first-order valence-corrected chi connectivity index (χ1v) is 11.8. The van der Waals surface area contributed by atoms with Gasteiger partial charge in [0.15, 0.2) is 7.14 Å². The van der Waals surface area contributed by atoms with E-state index in [2.05, 4.69) is 10.9 Å². The van der Waals surface area contributed by atoms with Gasteiger partial charge >= 0.3 is 0 Å². The zero-order valence-electron chi connectivity index (χ0n) is 17.4. The fraction of sp³-hybridized carbons (Fsp3) is 0.125. The largest absolute Gasteiger partial charge is 0.545 e. The second-order valence-electron chi connectivity index (χ2n) is 7.03. The van der Waals surface area contributed by atoms with Gasteiger partial charge in [-0.05, 0) is 12.5 Å². The van der Waals surface area contributed by atoms with Crippen molar-refractivity contribution in [3.8, 4) is 0 Å². The molecule has 32 heavy (non-hydrogen) atoms. The minimum absolute atomic E-state index is 0.157. The predicted octanol–water partition coefficient (Wildman–Crippen LogP) is 1.60. The van der Waals surface area contributed by atoms with Gasteiger partial charge in [0.05, 0.1) is 11.5 Å². The highest BCUT2D eigenvalue weighted by Crippen LogP contribution is 2.49. The van der Waals surface area contributed by atoms with Crippen LogP contribution in [0.4, 0.5) is 0 Å². The molecule has 0 saturated carbocycles. The van der Waals surface area contributed by atoms with Crippen molar-refractivity contribution in [2.24, 2.45) is 0 Å². The number of carbonyl (C=O) groups excluding carboxylic acids is 3. The van der Waals surface area contributed by atoms with Crippen LogP contribution < -0.4 is 26.6 Å². The molecule has 0 spiro atoms. The van der Waals surface area contributed by atoms with Gasteiger partial charge < -0.3 is 14.5 Å². The number of aromatic carboxylic acids is 1. The summed E-state index contributed by atoms with van der Waals surface area (Å²) in [6.07, 6.45) is 0.248. The first-order chi connectivity index (χ1) is 15.4. The van der Waals surface area contributed by atoms with E-state index < -0.39 is 30.6 Å². The highest BCUT2D eigenvalue weighted by atomic mass is 31.2. The maximum Gasteiger partial charge on any atom is 0.270 e. The normalized spacial score (nSPS) is 11.9. The van der Waals surface area contributed by atoms with Crippen LogP contribution in [0.1, 0.15) is 34.1 Å². The van der Waals surface area contributed by atoms with Crippen LogP contribution in [0.5, 0.6) is 0 Å². The Morgan fingerprint density at radius 2 is 1.25 bits per heavy atom. The van der Waals surface area contributed by atoms with Crippen LogP contribution in [0.2, 0.25) is 0 Å². The van der Waals surface area contributed by atoms with E-state index in [9.17, 15) is 24.1 Å². The van der Waals surface area contributed by atoms with Gasteiger partial charge in [0.2, 0.25) is 5.91 Å². The molecule has 3 aromatic carbocycles.